The molecule has 2 aromatic rings. The standard InChI is InChI=1S/C32H49ClN5O12P/c1-8-45-51(43,46-9-2)32(18-39,15-14-22(40)41)44-17-21-23-24(49-31(6,7)48-23)27(47-21)38-26-20(16-34-38)25(35-28(33)36-26)37(19-12-10-11-13-19)29(42)50-30(3,4)5/h16,19,21,23-24,27,39H,8-15,17-18H2,1-7H3,(H,40,41)/t21-,23-,24-,27-,32-/m1/s1. The number of carboxylic acids is 1. The van der Waals surface area contributed by atoms with Gasteiger partial charge in [0, 0.05) is 18.9 Å². The van der Waals surface area contributed by atoms with Crippen molar-refractivity contribution in [1.82, 2.24) is 19.7 Å². The highest BCUT2D eigenvalue weighted by Crippen LogP contribution is 2.62. The summed E-state index contributed by atoms with van der Waals surface area (Å²) in [6.07, 6.45) is 0.127. The molecule has 4 heterocycles. The number of carboxylic acid groups (broad SMARTS) is 1. The average Bonchev–Trinajstić information content (AvgIpc) is 3.82. The van der Waals surface area contributed by atoms with Crippen molar-refractivity contribution in [1.29, 1.82) is 0 Å². The quantitative estimate of drug-likeness (QED) is 0.172. The molecule has 1 aliphatic carbocycles. The van der Waals surface area contributed by atoms with Crippen molar-refractivity contribution < 1.29 is 57.1 Å². The first-order valence-corrected chi connectivity index (χ1v) is 19.2. The van der Waals surface area contributed by atoms with Crippen molar-refractivity contribution in [2.24, 2.45) is 0 Å². The van der Waals surface area contributed by atoms with Gasteiger partial charge in [-0.3, -0.25) is 14.3 Å². The normalized spacial score (nSPS) is 24.9. The largest absolute Gasteiger partial charge is 0.481 e. The van der Waals surface area contributed by atoms with Gasteiger partial charge in [0.2, 0.25) is 5.28 Å². The smallest absolute Gasteiger partial charge is 0.416 e. The molecule has 5 rings (SSSR count). The Kier molecular flexibility index (Phi) is 12.1. The van der Waals surface area contributed by atoms with Crippen molar-refractivity contribution in [3.63, 3.8) is 0 Å². The highest BCUT2D eigenvalue weighted by Gasteiger charge is 2.59. The number of aliphatic hydroxyl groups excluding tert-OH is 1. The predicted octanol–water partition coefficient (Wildman–Crippen LogP) is 5.42. The van der Waals surface area contributed by atoms with Crippen LogP contribution in [0.3, 0.4) is 0 Å². The van der Waals surface area contributed by atoms with Gasteiger partial charge in [-0.1, -0.05) is 12.8 Å². The van der Waals surface area contributed by atoms with Crippen LogP contribution in [0.25, 0.3) is 11.0 Å². The summed E-state index contributed by atoms with van der Waals surface area (Å²) in [6, 6.07) is -0.171. The SMILES string of the molecule is CCOP(=O)(OCC)[C@@](CO)(CCC(=O)O)OC[C@H]1O[C@@H](n2ncc3c(N(C(=O)OC(C)(C)C)C4CCCC4)nc(Cl)nc32)[C@@H]2OC(C)(C)O[C@@H]21. The van der Waals surface area contributed by atoms with Crippen molar-refractivity contribution in [2.75, 3.05) is 31.3 Å². The Morgan fingerprint density at radius 1 is 1.12 bits per heavy atom. The molecule has 19 heteroatoms. The number of fused-ring (bicyclic) bond motifs is 2. The summed E-state index contributed by atoms with van der Waals surface area (Å²) in [5, 5.41) is 23.0. The van der Waals surface area contributed by atoms with Gasteiger partial charge >= 0.3 is 19.7 Å². The van der Waals surface area contributed by atoms with Crippen LogP contribution in [0.15, 0.2) is 6.20 Å². The van der Waals surface area contributed by atoms with Gasteiger partial charge in [0.15, 0.2) is 28.8 Å². The third-order valence-electron chi connectivity index (χ3n) is 8.87. The highest BCUT2D eigenvalue weighted by molar-refractivity contribution is 7.55. The van der Waals surface area contributed by atoms with Gasteiger partial charge in [0.05, 0.1) is 38.0 Å². The summed E-state index contributed by atoms with van der Waals surface area (Å²) in [7, 11) is -4.23. The fraction of sp³-hybridized carbons (Fsp3) is 0.781. The van der Waals surface area contributed by atoms with Crippen molar-refractivity contribution in [3.8, 4) is 0 Å². The number of hydrogen-bond acceptors (Lipinski definition) is 14. The van der Waals surface area contributed by atoms with E-state index in [0.29, 0.717) is 5.39 Å². The van der Waals surface area contributed by atoms with E-state index in [-0.39, 0.29) is 49.0 Å². The molecule has 1 amide bonds. The number of anilines is 1. The fourth-order valence-electron chi connectivity index (χ4n) is 6.78. The molecule has 2 saturated heterocycles. The minimum absolute atomic E-state index is 0.0435. The van der Waals surface area contributed by atoms with E-state index in [1.54, 1.807) is 48.5 Å². The van der Waals surface area contributed by atoms with Crippen LogP contribution in [0.1, 0.15) is 93.2 Å². The summed E-state index contributed by atoms with van der Waals surface area (Å²) in [6.45, 7) is 10.8. The number of carbonyl (C=O) groups excluding carboxylic acids is 1. The van der Waals surface area contributed by atoms with E-state index in [1.807, 2.05) is 0 Å². The fourth-order valence-corrected chi connectivity index (χ4v) is 8.96. The number of halogens is 1. The first kappa shape index (κ1) is 39.7. The van der Waals surface area contributed by atoms with Crippen molar-refractivity contribution in [3.05, 3.63) is 11.5 Å². The van der Waals surface area contributed by atoms with Crippen LogP contribution in [0.5, 0.6) is 0 Å². The molecule has 3 fully saturated rings. The number of aromatic nitrogens is 4. The van der Waals surface area contributed by atoms with Gasteiger partial charge in [0.1, 0.15) is 23.9 Å². The maximum Gasteiger partial charge on any atom is 0.416 e. The summed E-state index contributed by atoms with van der Waals surface area (Å²) in [5.41, 5.74) is -0.497. The first-order chi connectivity index (χ1) is 24.0. The van der Waals surface area contributed by atoms with E-state index in [2.05, 4.69) is 15.1 Å². The zero-order valence-electron chi connectivity index (χ0n) is 30.1. The zero-order chi connectivity index (χ0) is 37.4. The molecule has 3 aliphatic rings. The predicted molar refractivity (Wildman–Crippen MR) is 183 cm³/mol. The van der Waals surface area contributed by atoms with Crippen molar-refractivity contribution in [2.45, 2.75) is 134 Å². The minimum atomic E-state index is -4.23. The molecule has 0 unspecified atom stereocenters. The maximum atomic E-state index is 14.1. The second-order valence-corrected chi connectivity index (χ2v) is 16.9. The lowest BCUT2D eigenvalue weighted by Gasteiger charge is -2.38. The third-order valence-corrected chi connectivity index (χ3v) is 11.7. The van der Waals surface area contributed by atoms with Gasteiger partial charge < -0.3 is 42.9 Å². The summed E-state index contributed by atoms with van der Waals surface area (Å²) in [4.78, 5) is 35.8. The second-order valence-electron chi connectivity index (χ2n) is 14.2. The lowest BCUT2D eigenvalue weighted by Crippen LogP contribution is -2.43. The van der Waals surface area contributed by atoms with Crippen LogP contribution in [0.4, 0.5) is 10.6 Å². The van der Waals surface area contributed by atoms with E-state index >= 15 is 0 Å². The summed E-state index contributed by atoms with van der Waals surface area (Å²) in [5.74, 6) is -1.99. The van der Waals surface area contributed by atoms with Gasteiger partial charge in [-0.05, 0) is 72.9 Å². The van der Waals surface area contributed by atoms with E-state index < -0.39 is 74.0 Å². The van der Waals surface area contributed by atoms with Crippen LogP contribution in [0, 0.1) is 0 Å². The zero-order valence-corrected chi connectivity index (χ0v) is 31.7. The molecule has 0 aromatic carbocycles. The number of hydrogen-bond donors (Lipinski definition) is 2. The molecule has 17 nitrogen and oxygen atoms in total. The van der Waals surface area contributed by atoms with Gasteiger partial charge in [-0.2, -0.15) is 15.1 Å². The summed E-state index contributed by atoms with van der Waals surface area (Å²) < 4.78 is 57.6. The Bertz CT molecular complexity index is 1600. The number of nitrogens with zero attached hydrogens (tertiary/aromatic N) is 5. The Labute approximate surface area is 301 Å². The molecular formula is C32H49ClN5O12P. The Hall–Kier alpha value is -2.47. The number of rotatable bonds is 15. The topological polar surface area (TPSA) is 203 Å². The minimum Gasteiger partial charge on any atom is -0.481 e. The molecule has 2 N–H and O–H groups in total. The molecule has 2 aromatic heterocycles. The second kappa shape index (κ2) is 15.5. The van der Waals surface area contributed by atoms with E-state index in [0.717, 1.165) is 25.7 Å². The number of ether oxygens (including phenoxy) is 5. The Morgan fingerprint density at radius 3 is 2.35 bits per heavy atom. The lowest BCUT2D eigenvalue weighted by atomic mass is 10.1. The molecule has 51 heavy (non-hydrogen) atoms. The van der Waals surface area contributed by atoms with Crippen LogP contribution in [0.2, 0.25) is 5.28 Å². The molecule has 286 valence electrons. The summed E-state index contributed by atoms with van der Waals surface area (Å²) >= 11 is 6.52. The van der Waals surface area contributed by atoms with E-state index in [1.165, 1.54) is 15.8 Å². The highest BCUT2D eigenvalue weighted by atomic mass is 35.5. The van der Waals surface area contributed by atoms with Gasteiger partial charge in [-0.15, -0.1) is 0 Å². The number of aliphatic hydroxyl groups is 1. The first-order valence-electron chi connectivity index (χ1n) is 17.3. The number of amides is 1. The van der Waals surface area contributed by atoms with Gasteiger partial charge in [-0.25, -0.2) is 9.48 Å². The number of carbonyl (C=O) groups is 2. The van der Waals surface area contributed by atoms with Gasteiger partial charge in [0.25, 0.3) is 0 Å². The van der Waals surface area contributed by atoms with Crippen LogP contribution >= 0.6 is 19.2 Å². The molecular weight excluding hydrogens is 713 g/mol. The number of aliphatic carboxylic acids is 1. The molecule has 5 atom stereocenters. The average molecular weight is 762 g/mol. The molecule has 1 saturated carbocycles. The van der Waals surface area contributed by atoms with Crippen LogP contribution < -0.4 is 4.90 Å². The lowest BCUT2D eigenvalue weighted by molar-refractivity contribution is -0.207. The Balaban J connectivity index is 1.51. The molecule has 0 bridgehead atoms. The monoisotopic (exact) mass is 761 g/mol. The van der Waals surface area contributed by atoms with E-state index in [9.17, 15) is 24.4 Å². The Morgan fingerprint density at radius 2 is 1.76 bits per heavy atom. The third kappa shape index (κ3) is 8.36. The maximum absolute atomic E-state index is 14.1. The molecule has 2 aliphatic heterocycles. The molecule has 0 spiro atoms. The van der Waals surface area contributed by atoms with E-state index in [4.69, 9.17) is 44.3 Å². The molecule has 0 radical (unpaired) electrons. The van der Waals surface area contributed by atoms with Crippen LogP contribution in [-0.4, -0.2) is 110 Å². The van der Waals surface area contributed by atoms with Crippen molar-refractivity contribution >= 4 is 48.1 Å². The van der Waals surface area contributed by atoms with Crippen LogP contribution in [-0.2, 0) is 42.1 Å².